The third-order valence-electron chi connectivity index (χ3n) is 4.00. The average Bonchev–Trinajstić information content (AvgIpc) is 3.25. The topological polar surface area (TPSA) is 63.4 Å². The zero-order valence-corrected chi connectivity index (χ0v) is 14.1. The quantitative estimate of drug-likeness (QED) is 0.715. The monoisotopic (exact) mass is 364 g/mol. The highest BCUT2D eigenvalue weighted by molar-refractivity contribution is 7.91. The van der Waals surface area contributed by atoms with Crippen molar-refractivity contribution in [3.8, 4) is 11.3 Å². The van der Waals surface area contributed by atoms with E-state index >= 15 is 0 Å². The molecule has 0 spiro atoms. The lowest BCUT2D eigenvalue weighted by molar-refractivity contribution is 0.371. The fourth-order valence-electron chi connectivity index (χ4n) is 2.78. The van der Waals surface area contributed by atoms with E-state index in [4.69, 9.17) is 4.52 Å². The van der Waals surface area contributed by atoms with Gasteiger partial charge in [0.25, 0.3) is 10.0 Å². The Labute approximate surface area is 142 Å². The molecule has 5 nitrogen and oxygen atoms in total. The number of sulfonamides is 1. The van der Waals surface area contributed by atoms with Gasteiger partial charge in [0.15, 0.2) is 5.76 Å². The molecular formula is C16H13FN2O3S2. The number of fused-ring (bicyclic) bond motifs is 1. The van der Waals surface area contributed by atoms with Crippen molar-refractivity contribution in [1.29, 1.82) is 0 Å². The molecule has 1 aliphatic heterocycles. The van der Waals surface area contributed by atoms with E-state index < -0.39 is 10.0 Å². The number of benzene rings is 1. The fraction of sp³-hybridized carbons (Fsp3) is 0.188. The van der Waals surface area contributed by atoms with Crippen LogP contribution in [0.15, 0.2) is 50.5 Å². The number of hydrogen-bond acceptors (Lipinski definition) is 5. The Morgan fingerprint density at radius 1 is 1.21 bits per heavy atom. The van der Waals surface area contributed by atoms with Crippen LogP contribution in [0.2, 0.25) is 0 Å². The maximum Gasteiger partial charge on any atom is 0.252 e. The van der Waals surface area contributed by atoms with Gasteiger partial charge < -0.3 is 4.52 Å². The van der Waals surface area contributed by atoms with E-state index in [1.54, 1.807) is 29.6 Å². The van der Waals surface area contributed by atoms with Crippen molar-refractivity contribution in [1.82, 2.24) is 9.46 Å². The predicted molar refractivity (Wildman–Crippen MR) is 87.5 cm³/mol. The summed E-state index contributed by atoms with van der Waals surface area (Å²) in [5.41, 5.74) is 2.24. The van der Waals surface area contributed by atoms with Crippen LogP contribution >= 0.6 is 11.3 Å². The maximum atomic E-state index is 13.1. The van der Waals surface area contributed by atoms with E-state index in [0.29, 0.717) is 28.6 Å². The van der Waals surface area contributed by atoms with Gasteiger partial charge in [0, 0.05) is 17.7 Å². The Kier molecular flexibility index (Phi) is 3.75. The summed E-state index contributed by atoms with van der Waals surface area (Å²) < 4.78 is 45.4. The minimum Gasteiger partial charge on any atom is -0.356 e. The van der Waals surface area contributed by atoms with Gasteiger partial charge in [-0.15, -0.1) is 11.3 Å². The lowest BCUT2D eigenvalue weighted by atomic mass is 10.0. The van der Waals surface area contributed by atoms with Crippen molar-refractivity contribution in [2.45, 2.75) is 17.2 Å². The van der Waals surface area contributed by atoms with Gasteiger partial charge in [0.05, 0.1) is 6.54 Å². The summed E-state index contributed by atoms with van der Waals surface area (Å²) in [5.74, 6) is 0.263. The largest absolute Gasteiger partial charge is 0.356 e. The smallest absolute Gasteiger partial charge is 0.252 e. The van der Waals surface area contributed by atoms with Gasteiger partial charge in [-0.05, 0) is 42.1 Å². The summed E-state index contributed by atoms with van der Waals surface area (Å²) in [4.78, 5) is 0. The molecule has 0 saturated carbocycles. The van der Waals surface area contributed by atoms with E-state index in [9.17, 15) is 12.8 Å². The molecule has 0 fully saturated rings. The van der Waals surface area contributed by atoms with Crippen molar-refractivity contribution >= 4 is 21.4 Å². The van der Waals surface area contributed by atoms with Gasteiger partial charge in [-0.2, -0.15) is 4.31 Å². The molecule has 3 aromatic rings. The number of nitrogens with zero attached hydrogens (tertiary/aromatic N) is 2. The van der Waals surface area contributed by atoms with E-state index in [1.807, 2.05) is 0 Å². The minimum atomic E-state index is -3.50. The summed E-state index contributed by atoms with van der Waals surface area (Å²) in [7, 11) is -3.50. The van der Waals surface area contributed by atoms with Crippen LogP contribution < -0.4 is 0 Å². The molecule has 4 rings (SSSR count). The predicted octanol–water partition coefficient (Wildman–Crippen LogP) is 3.29. The van der Waals surface area contributed by atoms with Gasteiger partial charge in [0.1, 0.15) is 15.7 Å². The second-order valence-corrected chi connectivity index (χ2v) is 8.58. The van der Waals surface area contributed by atoms with Crippen LogP contribution in [0.3, 0.4) is 0 Å². The Bertz CT molecular complexity index is 963. The molecule has 1 aliphatic rings. The normalized spacial score (nSPS) is 15.4. The van der Waals surface area contributed by atoms with E-state index in [0.717, 1.165) is 11.1 Å². The van der Waals surface area contributed by atoms with Gasteiger partial charge in [-0.25, -0.2) is 12.8 Å². The van der Waals surface area contributed by atoms with Crippen molar-refractivity contribution in [2.75, 3.05) is 6.54 Å². The molecule has 8 heteroatoms. The molecule has 0 saturated heterocycles. The number of halogens is 1. The molecule has 0 unspecified atom stereocenters. The molecule has 24 heavy (non-hydrogen) atoms. The van der Waals surface area contributed by atoms with Gasteiger partial charge in [-0.1, -0.05) is 11.2 Å². The van der Waals surface area contributed by atoms with Crippen LogP contribution in [-0.2, 0) is 23.0 Å². The molecule has 0 radical (unpaired) electrons. The average molecular weight is 364 g/mol. The number of thiophene rings is 1. The Morgan fingerprint density at radius 3 is 2.71 bits per heavy atom. The third kappa shape index (κ3) is 2.56. The zero-order chi connectivity index (χ0) is 16.7. The second kappa shape index (κ2) is 5.80. The van der Waals surface area contributed by atoms with Crippen molar-refractivity contribution in [3.63, 3.8) is 0 Å². The summed E-state index contributed by atoms with van der Waals surface area (Å²) in [5, 5.41) is 5.77. The second-order valence-electron chi connectivity index (χ2n) is 5.46. The van der Waals surface area contributed by atoms with Crippen LogP contribution in [0.4, 0.5) is 4.39 Å². The standard InChI is InChI=1S/C16H13FN2O3S2/c17-12-5-3-11(4-6-12)16-13-7-8-19(10-14(13)18-22-16)24(20,21)15-2-1-9-23-15/h1-6,9H,7-8,10H2. The molecule has 124 valence electrons. The van der Waals surface area contributed by atoms with Crippen LogP contribution in [-0.4, -0.2) is 24.4 Å². The molecule has 3 heterocycles. The Morgan fingerprint density at radius 2 is 2.00 bits per heavy atom. The van der Waals surface area contributed by atoms with Crippen LogP contribution in [0.5, 0.6) is 0 Å². The van der Waals surface area contributed by atoms with Gasteiger partial charge in [-0.3, -0.25) is 0 Å². The molecule has 0 bridgehead atoms. The molecular weight excluding hydrogens is 351 g/mol. The zero-order valence-electron chi connectivity index (χ0n) is 12.5. The number of aromatic nitrogens is 1. The highest BCUT2D eigenvalue weighted by atomic mass is 32.2. The first-order valence-electron chi connectivity index (χ1n) is 7.33. The van der Waals surface area contributed by atoms with Crippen molar-refractivity contribution in [2.24, 2.45) is 0 Å². The maximum absolute atomic E-state index is 13.1. The Hall–Kier alpha value is -2.03. The third-order valence-corrected chi connectivity index (χ3v) is 7.22. The highest BCUT2D eigenvalue weighted by Crippen LogP contribution is 2.32. The number of hydrogen-bond donors (Lipinski definition) is 0. The summed E-state index contributed by atoms with van der Waals surface area (Å²) in [6.45, 7) is 0.545. The van der Waals surface area contributed by atoms with E-state index in [1.165, 1.54) is 27.8 Å². The molecule has 0 atom stereocenters. The van der Waals surface area contributed by atoms with Crippen LogP contribution in [0, 0.1) is 5.82 Å². The van der Waals surface area contributed by atoms with Crippen LogP contribution in [0.1, 0.15) is 11.3 Å². The summed E-state index contributed by atoms with van der Waals surface area (Å²) in [6, 6.07) is 9.30. The van der Waals surface area contributed by atoms with Crippen molar-refractivity contribution < 1.29 is 17.3 Å². The Balaban J connectivity index is 1.65. The first-order valence-corrected chi connectivity index (χ1v) is 9.65. The summed E-state index contributed by atoms with van der Waals surface area (Å²) in [6.07, 6.45) is 0.510. The van der Waals surface area contributed by atoms with Gasteiger partial charge >= 0.3 is 0 Å². The van der Waals surface area contributed by atoms with E-state index in [-0.39, 0.29) is 12.4 Å². The minimum absolute atomic E-state index is 0.181. The van der Waals surface area contributed by atoms with Crippen molar-refractivity contribution in [3.05, 3.63) is 58.9 Å². The molecule has 1 aromatic carbocycles. The number of rotatable bonds is 3. The first-order chi connectivity index (χ1) is 11.6. The highest BCUT2D eigenvalue weighted by Gasteiger charge is 2.32. The van der Waals surface area contributed by atoms with E-state index in [2.05, 4.69) is 5.16 Å². The molecule has 0 amide bonds. The first kappa shape index (κ1) is 15.5. The molecule has 0 N–H and O–H groups in total. The van der Waals surface area contributed by atoms with Gasteiger partial charge in [0.2, 0.25) is 0 Å². The molecule has 2 aromatic heterocycles. The summed E-state index contributed by atoms with van der Waals surface area (Å²) >= 11 is 1.20. The lowest BCUT2D eigenvalue weighted by Gasteiger charge is -2.24. The SMILES string of the molecule is O=S(=O)(c1cccs1)N1CCc2c(noc2-c2ccc(F)cc2)C1. The molecule has 0 aliphatic carbocycles. The van der Waals surface area contributed by atoms with Crippen LogP contribution in [0.25, 0.3) is 11.3 Å². The fourth-order valence-corrected chi connectivity index (χ4v) is 5.32. The lowest BCUT2D eigenvalue weighted by Crippen LogP contribution is -2.35.